The van der Waals surface area contributed by atoms with E-state index in [1.165, 1.54) is 14.0 Å². The number of methoxy groups -OCH3 is 2. The Bertz CT molecular complexity index is 1030. The Labute approximate surface area is 150 Å². The molecule has 1 aromatic heterocycles. The van der Waals surface area contributed by atoms with Crippen molar-refractivity contribution in [2.45, 2.75) is 13.8 Å². The van der Waals surface area contributed by atoms with Crippen LogP contribution in [0.4, 0.5) is 0 Å². The Kier molecular flexibility index (Phi) is 4.42. The summed E-state index contributed by atoms with van der Waals surface area (Å²) in [5, 5.41) is 0.468. The molecule has 0 saturated heterocycles. The predicted octanol–water partition coefficient (Wildman–Crippen LogP) is 3.73. The van der Waals surface area contributed by atoms with Crippen LogP contribution in [0.1, 0.15) is 33.4 Å². The zero-order valence-corrected chi connectivity index (χ0v) is 15.0. The van der Waals surface area contributed by atoms with Crippen LogP contribution in [0.5, 0.6) is 11.5 Å². The Hall–Kier alpha value is -3.28. The van der Waals surface area contributed by atoms with Crippen molar-refractivity contribution in [2.24, 2.45) is 5.73 Å². The third-order valence-electron chi connectivity index (χ3n) is 4.31. The first kappa shape index (κ1) is 17.5. The molecule has 0 aliphatic rings. The number of benzene rings is 2. The van der Waals surface area contributed by atoms with Crippen molar-refractivity contribution in [1.82, 2.24) is 0 Å². The van der Waals surface area contributed by atoms with Crippen molar-refractivity contribution >= 4 is 22.7 Å². The number of carbonyl (C=O) groups excluding carboxylic acids is 2. The molecular formula is C20H19NO5. The summed E-state index contributed by atoms with van der Waals surface area (Å²) in [7, 11) is 3.09. The number of hydrogen-bond acceptors (Lipinski definition) is 5. The van der Waals surface area contributed by atoms with Gasteiger partial charge in [-0.15, -0.1) is 0 Å². The number of furan rings is 1. The molecule has 26 heavy (non-hydrogen) atoms. The molecular weight excluding hydrogens is 334 g/mol. The normalized spacial score (nSPS) is 10.8. The van der Waals surface area contributed by atoms with Crippen molar-refractivity contribution in [3.8, 4) is 22.6 Å². The highest BCUT2D eigenvalue weighted by atomic mass is 16.5. The van der Waals surface area contributed by atoms with Gasteiger partial charge >= 0.3 is 0 Å². The van der Waals surface area contributed by atoms with Gasteiger partial charge in [-0.2, -0.15) is 0 Å². The summed E-state index contributed by atoms with van der Waals surface area (Å²) in [6.07, 6.45) is 0. The molecule has 0 aliphatic carbocycles. The van der Waals surface area contributed by atoms with E-state index in [9.17, 15) is 9.59 Å². The summed E-state index contributed by atoms with van der Waals surface area (Å²) < 4.78 is 16.3. The standard InChI is InChI=1S/C20H19NO5/c1-10-9-12(24-3)5-6-13(10)14-7-8-15(25-4)19-16(14)17(20(21)23)18(26-19)11(2)22/h5-9H,1-4H3,(H2,21,23). The minimum Gasteiger partial charge on any atom is -0.497 e. The Morgan fingerprint density at radius 2 is 1.73 bits per heavy atom. The molecule has 0 aliphatic heterocycles. The minimum absolute atomic E-state index is 0.0654. The van der Waals surface area contributed by atoms with Gasteiger partial charge in [0.2, 0.25) is 0 Å². The number of ketones is 1. The summed E-state index contributed by atoms with van der Waals surface area (Å²) in [4.78, 5) is 24.1. The largest absolute Gasteiger partial charge is 0.497 e. The topological polar surface area (TPSA) is 91.8 Å². The second-order valence-electron chi connectivity index (χ2n) is 5.93. The van der Waals surface area contributed by atoms with Gasteiger partial charge in [-0.1, -0.05) is 6.07 Å². The molecule has 0 spiro atoms. The van der Waals surface area contributed by atoms with Crippen LogP contribution in [0.3, 0.4) is 0 Å². The van der Waals surface area contributed by atoms with E-state index in [0.29, 0.717) is 16.7 Å². The quantitative estimate of drug-likeness (QED) is 0.706. The van der Waals surface area contributed by atoms with Crippen LogP contribution in [0, 0.1) is 6.92 Å². The van der Waals surface area contributed by atoms with Gasteiger partial charge in [0.15, 0.2) is 22.9 Å². The van der Waals surface area contributed by atoms with E-state index in [-0.39, 0.29) is 17.1 Å². The van der Waals surface area contributed by atoms with Crippen molar-refractivity contribution < 1.29 is 23.5 Å². The average molecular weight is 353 g/mol. The number of rotatable bonds is 5. The van der Waals surface area contributed by atoms with E-state index in [1.54, 1.807) is 13.2 Å². The van der Waals surface area contributed by atoms with Crippen LogP contribution >= 0.6 is 0 Å². The van der Waals surface area contributed by atoms with Gasteiger partial charge in [0, 0.05) is 12.3 Å². The SMILES string of the molecule is COc1ccc(-c2ccc(OC)c3oc(C(C)=O)c(C(N)=O)c23)c(C)c1. The zero-order valence-electron chi connectivity index (χ0n) is 15.0. The number of fused-ring (bicyclic) bond motifs is 1. The number of hydrogen-bond donors (Lipinski definition) is 1. The number of amides is 1. The van der Waals surface area contributed by atoms with Crippen molar-refractivity contribution in [3.05, 3.63) is 47.2 Å². The minimum atomic E-state index is -0.727. The lowest BCUT2D eigenvalue weighted by Gasteiger charge is -2.11. The highest BCUT2D eigenvalue weighted by Crippen LogP contribution is 2.41. The molecule has 2 aromatic carbocycles. The van der Waals surface area contributed by atoms with Gasteiger partial charge in [0.25, 0.3) is 5.91 Å². The lowest BCUT2D eigenvalue weighted by atomic mass is 9.94. The van der Waals surface area contributed by atoms with E-state index in [2.05, 4.69) is 0 Å². The second kappa shape index (κ2) is 6.55. The number of ether oxygens (including phenoxy) is 2. The first-order valence-corrected chi connectivity index (χ1v) is 7.98. The van der Waals surface area contributed by atoms with Crippen LogP contribution in [0.2, 0.25) is 0 Å². The van der Waals surface area contributed by atoms with Gasteiger partial charge < -0.3 is 19.6 Å². The maximum absolute atomic E-state index is 12.1. The Balaban J connectivity index is 2.44. The lowest BCUT2D eigenvalue weighted by molar-refractivity contribution is 0.0958. The fraction of sp³-hybridized carbons (Fsp3) is 0.200. The summed E-state index contributed by atoms with van der Waals surface area (Å²) in [6.45, 7) is 3.26. The lowest BCUT2D eigenvalue weighted by Crippen LogP contribution is -2.14. The summed E-state index contributed by atoms with van der Waals surface area (Å²) in [6, 6.07) is 9.16. The van der Waals surface area contributed by atoms with Crippen LogP contribution in [0.25, 0.3) is 22.1 Å². The smallest absolute Gasteiger partial charge is 0.253 e. The maximum atomic E-state index is 12.1. The number of carbonyl (C=O) groups is 2. The fourth-order valence-electron chi connectivity index (χ4n) is 3.11. The van der Waals surface area contributed by atoms with Crippen molar-refractivity contribution in [2.75, 3.05) is 14.2 Å². The zero-order chi connectivity index (χ0) is 19.0. The molecule has 0 fully saturated rings. The van der Waals surface area contributed by atoms with Gasteiger partial charge in [0.1, 0.15) is 5.75 Å². The molecule has 134 valence electrons. The number of Topliss-reactive ketones (excluding diaryl/α,β-unsaturated/α-hetero) is 1. The molecule has 2 N–H and O–H groups in total. The molecule has 0 bridgehead atoms. The highest BCUT2D eigenvalue weighted by molar-refractivity contribution is 6.18. The molecule has 6 heteroatoms. The molecule has 0 saturated carbocycles. The first-order chi connectivity index (χ1) is 12.4. The molecule has 3 aromatic rings. The van der Waals surface area contributed by atoms with Crippen LogP contribution in [0.15, 0.2) is 34.7 Å². The van der Waals surface area contributed by atoms with Gasteiger partial charge in [-0.3, -0.25) is 9.59 Å². The third kappa shape index (κ3) is 2.69. The molecule has 6 nitrogen and oxygen atoms in total. The van der Waals surface area contributed by atoms with Crippen molar-refractivity contribution in [3.63, 3.8) is 0 Å². The monoisotopic (exact) mass is 353 g/mol. The fourth-order valence-corrected chi connectivity index (χ4v) is 3.11. The summed E-state index contributed by atoms with van der Waals surface area (Å²) in [5.74, 6) is -0.0267. The Morgan fingerprint density at radius 3 is 2.27 bits per heavy atom. The van der Waals surface area contributed by atoms with Crippen molar-refractivity contribution in [1.29, 1.82) is 0 Å². The van der Waals surface area contributed by atoms with Crippen LogP contribution in [-0.2, 0) is 0 Å². The van der Waals surface area contributed by atoms with Gasteiger partial charge in [-0.25, -0.2) is 0 Å². The molecule has 0 radical (unpaired) electrons. The summed E-state index contributed by atoms with van der Waals surface area (Å²) >= 11 is 0. The first-order valence-electron chi connectivity index (χ1n) is 7.98. The van der Waals surface area contributed by atoms with E-state index >= 15 is 0 Å². The van der Waals surface area contributed by atoms with Gasteiger partial charge in [-0.05, 0) is 47.9 Å². The predicted molar refractivity (Wildman–Crippen MR) is 98.0 cm³/mol. The van der Waals surface area contributed by atoms with E-state index in [1.807, 2.05) is 31.2 Å². The van der Waals surface area contributed by atoms with Gasteiger partial charge in [0.05, 0.1) is 19.8 Å². The molecule has 1 amide bonds. The summed E-state index contributed by atoms with van der Waals surface area (Å²) in [5.41, 5.74) is 8.50. The molecule has 3 rings (SSSR count). The highest BCUT2D eigenvalue weighted by Gasteiger charge is 2.27. The van der Waals surface area contributed by atoms with E-state index in [0.717, 1.165) is 22.4 Å². The Morgan fingerprint density at radius 1 is 1.04 bits per heavy atom. The molecule has 1 heterocycles. The molecule has 0 atom stereocenters. The van der Waals surface area contributed by atoms with E-state index < -0.39 is 5.91 Å². The van der Waals surface area contributed by atoms with Crippen LogP contribution < -0.4 is 15.2 Å². The number of nitrogens with two attached hydrogens (primary N) is 1. The second-order valence-corrected chi connectivity index (χ2v) is 5.93. The maximum Gasteiger partial charge on any atom is 0.253 e. The van der Waals surface area contributed by atoms with E-state index in [4.69, 9.17) is 19.6 Å². The third-order valence-corrected chi connectivity index (χ3v) is 4.31. The van der Waals surface area contributed by atoms with Crippen LogP contribution in [-0.4, -0.2) is 25.9 Å². The number of aryl methyl sites for hydroxylation is 1. The number of primary amides is 1. The average Bonchev–Trinajstić information content (AvgIpc) is 3.02. The molecule has 0 unspecified atom stereocenters.